The molecule has 0 saturated heterocycles. The van der Waals surface area contributed by atoms with E-state index in [0.29, 0.717) is 42.2 Å². The predicted octanol–water partition coefficient (Wildman–Crippen LogP) is 6.76. The van der Waals surface area contributed by atoms with Crippen LogP contribution < -0.4 is 14.9 Å². The molecule has 1 N–H and O–H groups in total. The third-order valence-corrected chi connectivity index (χ3v) is 5.55. The number of amides is 1. The van der Waals surface area contributed by atoms with Crippen LogP contribution in [0, 0.1) is 0 Å². The van der Waals surface area contributed by atoms with Crippen molar-refractivity contribution >= 4 is 62.9 Å². The number of ether oxygens (including phenoxy) is 2. The highest BCUT2D eigenvalue weighted by Gasteiger charge is 2.13. The van der Waals surface area contributed by atoms with Gasteiger partial charge in [-0.25, -0.2) is 5.43 Å². The van der Waals surface area contributed by atoms with Crippen LogP contribution in [0.3, 0.4) is 0 Å². The second-order valence-corrected chi connectivity index (χ2v) is 8.40. The first-order chi connectivity index (χ1) is 14.9. The Hall–Kier alpha value is -2.25. The van der Waals surface area contributed by atoms with Gasteiger partial charge in [-0.15, -0.1) is 0 Å². The van der Waals surface area contributed by atoms with Crippen molar-refractivity contribution in [3.63, 3.8) is 0 Å². The van der Waals surface area contributed by atoms with Gasteiger partial charge in [0.05, 0.1) is 17.8 Å². The molecule has 0 aliphatic heterocycles. The Morgan fingerprint density at radius 1 is 1.06 bits per heavy atom. The number of carbonyl (C=O) groups excluding carboxylic acids is 1. The Morgan fingerprint density at radius 3 is 2.45 bits per heavy atom. The molecule has 31 heavy (non-hydrogen) atoms. The highest BCUT2D eigenvalue weighted by molar-refractivity contribution is 9.10. The number of hydrogen-bond acceptors (Lipinski definition) is 4. The number of methoxy groups -OCH3 is 1. The topological polar surface area (TPSA) is 59.9 Å². The molecule has 1 amide bonds. The minimum atomic E-state index is -0.348. The second-order valence-electron chi connectivity index (χ2n) is 6.26. The lowest BCUT2D eigenvalue weighted by molar-refractivity contribution is 0.0955. The Kier molecular flexibility index (Phi) is 8.21. The largest absolute Gasteiger partial charge is 0.493 e. The predicted molar refractivity (Wildman–Crippen MR) is 128 cm³/mol. The molecule has 0 bridgehead atoms. The van der Waals surface area contributed by atoms with Crippen molar-refractivity contribution in [2.75, 3.05) is 7.11 Å². The Balaban J connectivity index is 1.70. The molecule has 0 aliphatic rings. The lowest BCUT2D eigenvalue weighted by Crippen LogP contribution is -2.17. The number of benzene rings is 3. The van der Waals surface area contributed by atoms with Crippen LogP contribution in [0.5, 0.6) is 11.5 Å². The van der Waals surface area contributed by atoms with E-state index < -0.39 is 0 Å². The molecular formula is C22H16BrCl3N2O3. The van der Waals surface area contributed by atoms with E-state index in [1.165, 1.54) is 13.3 Å². The van der Waals surface area contributed by atoms with Gasteiger partial charge < -0.3 is 9.47 Å². The monoisotopic (exact) mass is 540 g/mol. The maximum absolute atomic E-state index is 12.1. The van der Waals surface area contributed by atoms with Crippen LogP contribution in [-0.4, -0.2) is 19.2 Å². The molecule has 0 fully saturated rings. The summed E-state index contributed by atoms with van der Waals surface area (Å²) in [5.41, 5.74) is 4.40. The van der Waals surface area contributed by atoms with E-state index >= 15 is 0 Å². The minimum absolute atomic E-state index is 0.232. The van der Waals surface area contributed by atoms with Crippen LogP contribution >= 0.6 is 50.7 Å². The van der Waals surface area contributed by atoms with E-state index in [-0.39, 0.29) is 12.5 Å². The third kappa shape index (κ3) is 6.37. The van der Waals surface area contributed by atoms with E-state index in [1.807, 2.05) is 0 Å². The van der Waals surface area contributed by atoms with Gasteiger partial charge in [0.15, 0.2) is 11.5 Å². The molecule has 0 spiro atoms. The Bertz CT molecular complexity index is 1120. The van der Waals surface area contributed by atoms with Gasteiger partial charge in [0.1, 0.15) is 6.61 Å². The van der Waals surface area contributed by atoms with Crippen LogP contribution in [0.1, 0.15) is 21.5 Å². The van der Waals surface area contributed by atoms with Gasteiger partial charge in [-0.1, -0.05) is 40.9 Å². The Morgan fingerprint density at radius 2 is 1.77 bits per heavy atom. The van der Waals surface area contributed by atoms with Gasteiger partial charge >= 0.3 is 0 Å². The summed E-state index contributed by atoms with van der Waals surface area (Å²) in [4.78, 5) is 12.1. The quantitative estimate of drug-likeness (QED) is 0.265. The van der Waals surface area contributed by atoms with Gasteiger partial charge in [-0.3, -0.25) is 4.79 Å². The zero-order valence-electron chi connectivity index (χ0n) is 16.2. The third-order valence-electron chi connectivity index (χ3n) is 4.13. The van der Waals surface area contributed by atoms with Gasteiger partial charge in [-0.2, -0.15) is 5.10 Å². The first kappa shape index (κ1) is 23.4. The molecule has 160 valence electrons. The van der Waals surface area contributed by atoms with Crippen LogP contribution in [0.15, 0.2) is 64.2 Å². The van der Waals surface area contributed by atoms with Crippen molar-refractivity contribution in [2.24, 2.45) is 5.10 Å². The fourth-order valence-electron chi connectivity index (χ4n) is 2.57. The molecule has 0 radical (unpaired) electrons. The molecule has 3 aromatic rings. The van der Waals surface area contributed by atoms with Crippen LogP contribution in [0.2, 0.25) is 15.1 Å². The van der Waals surface area contributed by atoms with Crippen LogP contribution in [-0.2, 0) is 6.61 Å². The summed E-state index contributed by atoms with van der Waals surface area (Å²) in [5, 5.41) is 5.62. The first-order valence-electron chi connectivity index (χ1n) is 8.90. The van der Waals surface area contributed by atoms with Gasteiger partial charge in [0.25, 0.3) is 5.91 Å². The van der Waals surface area contributed by atoms with Crippen molar-refractivity contribution in [1.29, 1.82) is 0 Å². The summed E-state index contributed by atoms with van der Waals surface area (Å²) in [6.45, 7) is 0.232. The molecule has 0 aromatic heterocycles. The van der Waals surface area contributed by atoms with Crippen molar-refractivity contribution in [3.8, 4) is 11.5 Å². The summed E-state index contributed by atoms with van der Waals surface area (Å²) in [5.74, 6) is 0.652. The molecule has 0 heterocycles. The normalized spacial score (nSPS) is 10.9. The molecule has 0 aliphatic carbocycles. The van der Waals surface area contributed by atoms with E-state index in [1.54, 1.807) is 54.6 Å². The number of hydrazone groups is 1. The fraction of sp³-hybridized carbons (Fsp3) is 0.0909. The van der Waals surface area contributed by atoms with E-state index in [0.717, 1.165) is 5.56 Å². The summed E-state index contributed by atoms with van der Waals surface area (Å²) in [6.07, 6.45) is 1.50. The van der Waals surface area contributed by atoms with Crippen molar-refractivity contribution in [2.45, 2.75) is 6.61 Å². The minimum Gasteiger partial charge on any atom is -0.493 e. The van der Waals surface area contributed by atoms with E-state index in [2.05, 4.69) is 26.5 Å². The molecule has 3 rings (SSSR count). The second kappa shape index (κ2) is 10.9. The average molecular weight is 543 g/mol. The Labute approximate surface area is 203 Å². The molecule has 0 atom stereocenters. The van der Waals surface area contributed by atoms with Gasteiger partial charge in [0.2, 0.25) is 0 Å². The van der Waals surface area contributed by atoms with Gasteiger partial charge in [-0.05, 0) is 70.0 Å². The molecule has 9 heteroatoms. The number of rotatable bonds is 7. The van der Waals surface area contributed by atoms with Crippen molar-refractivity contribution < 1.29 is 14.3 Å². The maximum Gasteiger partial charge on any atom is 0.271 e. The molecule has 5 nitrogen and oxygen atoms in total. The zero-order valence-corrected chi connectivity index (χ0v) is 20.0. The summed E-state index contributed by atoms with van der Waals surface area (Å²) in [6, 6.07) is 15.2. The van der Waals surface area contributed by atoms with Gasteiger partial charge in [0, 0.05) is 26.2 Å². The van der Waals surface area contributed by atoms with E-state index in [4.69, 9.17) is 44.3 Å². The lowest BCUT2D eigenvalue weighted by Gasteiger charge is -2.14. The van der Waals surface area contributed by atoms with Crippen LogP contribution in [0.25, 0.3) is 0 Å². The number of hydrogen-bond donors (Lipinski definition) is 1. The molecule has 0 saturated carbocycles. The fourth-order valence-corrected chi connectivity index (χ4v) is 3.74. The number of nitrogens with one attached hydrogen (secondary N) is 1. The summed E-state index contributed by atoms with van der Waals surface area (Å²) >= 11 is 21.4. The SMILES string of the molecule is COc1cc(/C=N\NC(=O)c2ccc(Cl)cc2)cc(Br)c1OCc1ccc(Cl)cc1Cl. The highest BCUT2D eigenvalue weighted by Crippen LogP contribution is 2.37. The number of nitrogens with zero attached hydrogens (tertiary/aromatic N) is 1. The number of carbonyl (C=O) groups is 1. The maximum atomic E-state index is 12.1. The molecule has 3 aromatic carbocycles. The van der Waals surface area contributed by atoms with Crippen molar-refractivity contribution in [1.82, 2.24) is 5.43 Å². The molecular weight excluding hydrogens is 527 g/mol. The van der Waals surface area contributed by atoms with E-state index in [9.17, 15) is 4.79 Å². The zero-order chi connectivity index (χ0) is 22.4. The summed E-state index contributed by atoms with van der Waals surface area (Å²) in [7, 11) is 1.53. The standard InChI is InChI=1S/C22H16BrCl3N2O3/c1-30-20-9-13(11-27-28-22(29)14-2-5-16(24)6-3-14)8-18(23)21(20)31-12-15-4-7-17(25)10-19(15)26/h2-11H,12H2,1H3,(H,28,29)/b27-11-. The lowest BCUT2D eigenvalue weighted by atomic mass is 10.2. The number of halogens is 4. The first-order valence-corrected chi connectivity index (χ1v) is 10.8. The highest BCUT2D eigenvalue weighted by atomic mass is 79.9. The summed E-state index contributed by atoms with van der Waals surface area (Å²) < 4.78 is 12.0. The average Bonchev–Trinajstić information content (AvgIpc) is 2.74. The smallest absolute Gasteiger partial charge is 0.271 e. The molecule has 0 unspecified atom stereocenters. The van der Waals surface area contributed by atoms with Crippen LogP contribution in [0.4, 0.5) is 0 Å². The van der Waals surface area contributed by atoms with Crippen molar-refractivity contribution in [3.05, 3.63) is 90.8 Å².